The van der Waals surface area contributed by atoms with Gasteiger partial charge in [-0.2, -0.15) is 5.26 Å². The average Bonchev–Trinajstić information content (AvgIpc) is 2.46. The number of rotatable bonds is 4. The fraction of sp³-hybridized carbons (Fsp3) is 0.562. The Kier molecular flexibility index (Phi) is 4.95. The van der Waals surface area contributed by atoms with E-state index in [0.29, 0.717) is 12.3 Å². The number of piperidine rings is 1. The van der Waals surface area contributed by atoms with Crippen molar-refractivity contribution in [1.29, 1.82) is 5.26 Å². The lowest BCUT2D eigenvalue weighted by Gasteiger charge is -2.37. The highest BCUT2D eigenvalue weighted by Crippen LogP contribution is 2.30. The number of hydrogen-bond donors (Lipinski definition) is 1. The molecule has 1 aromatic carbocycles. The van der Waals surface area contributed by atoms with Crippen molar-refractivity contribution in [1.82, 2.24) is 4.90 Å². The summed E-state index contributed by atoms with van der Waals surface area (Å²) in [6.45, 7) is 3.82. The number of nitriles is 1. The molecule has 1 heterocycles. The molecule has 2 rings (SSSR count). The first-order valence-corrected chi connectivity index (χ1v) is 7.06. The molecule has 19 heavy (non-hydrogen) atoms. The summed E-state index contributed by atoms with van der Waals surface area (Å²) < 4.78 is 0. The van der Waals surface area contributed by atoms with E-state index >= 15 is 0 Å². The van der Waals surface area contributed by atoms with Crippen molar-refractivity contribution in [3.63, 3.8) is 0 Å². The van der Waals surface area contributed by atoms with E-state index in [0.717, 1.165) is 25.9 Å². The van der Waals surface area contributed by atoms with Gasteiger partial charge in [0.25, 0.3) is 0 Å². The minimum absolute atomic E-state index is 0.196. The number of hydrogen-bond acceptors (Lipinski definition) is 3. The van der Waals surface area contributed by atoms with Crippen LogP contribution in [0.15, 0.2) is 30.3 Å². The molecule has 0 aromatic heterocycles. The standard InChI is InChI=1S/C16H22N2O/c1-13(19)14-8-11-18(12-9-14)16(7-10-17)15-5-3-2-4-6-15/h2-6,13-14,16,19H,7-9,11-12H2,1H3. The summed E-state index contributed by atoms with van der Waals surface area (Å²) >= 11 is 0. The molecule has 1 N–H and O–H groups in total. The second-order valence-corrected chi connectivity index (χ2v) is 5.40. The highest BCUT2D eigenvalue weighted by atomic mass is 16.3. The van der Waals surface area contributed by atoms with E-state index in [9.17, 15) is 5.11 Å². The van der Waals surface area contributed by atoms with Gasteiger partial charge in [-0.15, -0.1) is 0 Å². The Bertz CT molecular complexity index is 416. The fourth-order valence-electron chi connectivity index (χ4n) is 2.93. The SMILES string of the molecule is CC(O)C1CCN(C(CC#N)c2ccccc2)CC1. The Morgan fingerprint density at radius 2 is 1.95 bits per heavy atom. The first-order valence-electron chi connectivity index (χ1n) is 7.06. The summed E-state index contributed by atoms with van der Waals surface area (Å²) in [6.07, 6.45) is 2.36. The van der Waals surface area contributed by atoms with Crippen LogP contribution in [0.4, 0.5) is 0 Å². The Hall–Kier alpha value is -1.37. The van der Waals surface area contributed by atoms with E-state index in [4.69, 9.17) is 5.26 Å². The highest BCUT2D eigenvalue weighted by molar-refractivity contribution is 5.20. The van der Waals surface area contributed by atoms with Crippen LogP contribution >= 0.6 is 0 Å². The molecule has 3 nitrogen and oxygen atoms in total. The summed E-state index contributed by atoms with van der Waals surface area (Å²) in [5, 5.41) is 18.7. The first kappa shape index (κ1) is 14.0. The third kappa shape index (κ3) is 3.56. The second-order valence-electron chi connectivity index (χ2n) is 5.40. The number of aliphatic hydroxyl groups is 1. The number of nitrogens with zero attached hydrogens (tertiary/aromatic N) is 2. The number of likely N-dealkylation sites (tertiary alicyclic amines) is 1. The van der Waals surface area contributed by atoms with Crippen molar-refractivity contribution in [3.05, 3.63) is 35.9 Å². The Morgan fingerprint density at radius 1 is 1.32 bits per heavy atom. The van der Waals surface area contributed by atoms with Crippen LogP contribution in [0.5, 0.6) is 0 Å². The van der Waals surface area contributed by atoms with E-state index in [1.165, 1.54) is 5.56 Å². The molecular formula is C16H22N2O. The van der Waals surface area contributed by atoms with E-state index in [1.807, 2.05) is 25.1 Å². The van der Waals surface area contributed by atoms with Gasteiger partial charge in [0.1, 0.15) is 0 Å². The Balaban J connectivity index is 2.04. The molecule has 0 amide bonds. The smallest absolute Gasteiger partial charge is 0.0641 e. The Morgan fingerprint density at radius 3 is 2.47 bits per heavy atom. The molecule has 1 aliphatic heterocycles. The van der Waals surface area contributed by atoms with Crippen molar-refractivity contribution in [2.24, 2.45) is 5.92 Å². The van der Waals surface area contributed by atoms with Gasteiger partial charge in [-0.25, -0.2) is 0 Å². The van der Waals surface area contributed by atoms with E-state index in [-0.39, 0.29) is 12.1 Å². The molecule has 3 heteroatoms. The van der Waals surface area contributed by atoms with E-state index in [1.54, 1.807) is 0 Å². The molecule has 1 aromatic rings. The molecule has 1 fully saturated rings. The van der Waals surface area contributed by atoms with Crippen molar-refractivity contribution in [2.75, 3.05) is 13.1 Å². The number of aliphatic hydroxyl groups excluding tert-OH is 1. The summed E-state index contributed by atoms with van der Waals surface area (Å²) in [6, 6.07) is 12.8. The van der Waals surface area contributed by atoms with Gasteiger partial charge in [0.2, 0.25) is 0 Å². The largest absolute Gasteiger partial charge is 0.393 e. The molecule has 0 bridgehead atoms. The van der Waals surface area contributed by atoms with Gasteiger partial charge in [0.05, 0.1) is 18.6 Å². The summed E-state index contributed by atoms with van der Waals surface area (Å²) in [7, 11) is 0. The van der Waals surface area contributed by atoms with Crippen molar-refractivity contribution >= 4 is 0 Å². The molecule has 102 valence electrons. The zero-order valence-corrected chi connectivity index (χ0v) is 11.5. The van der Waals surface area contributed by atoms with Crippen LogP contribution in [0, 0.1) is 17.2 Å². The minimum atomic E-state index is -0.215. The maximum Gasteiger partial charge on any atom is 0.0641 e. The highest BCUT2D eigenvalue weighted by Gasteiger charge is 2.27. The molecule has 0 saturated carbocycles. The predicted octanol–water partition coefficient (Wildman–Crippen LogP) is 2.73. The zero-order valence-electron chi connectivity index (χ0n) is 11.5. The van der Waals surface area contributed by atoms with Gasteiger partial charge in [0.15, 0.2) is 0 Å². The zero-order chi connectivity index (χ0) is 13.7. The lowest BCUT2D eigenvalue weighted by Crippen LogP contribution is -2.39. The quantitative estimate of drug-likeness (QED) is 0.903. The summed E-state index contributed by atoms with van der Waals surface area (Å²) in [5.41, 5.74) is 1.22. The predicted molar refractivity (Wildman–Crippen MR) is 75.4 cm³/mol. The van der Waals surface area contributed by atoms with Gasteiger partial charge < -0.3 is 5.11 Å². The maximum atomic E-state index is 9.65. The van der Waals surface area contributed by atoms with Crippen LogP contribution in [0.25, 0.3) is 0 Å². The first-order chi connectivity index (χ1) is 9.22. The monoisotopic (exact) mass is 258 g/mol. The molecule has 0 radical (unpaired) electrons. The van der Waals surface area contributed by atoms with Crippen LogP contribution in [0.1, 0.15) is 37.8 Å². The van der Waals surface area contributed by atoms with Crippen molar-refractivity contribution < 1.29 is 5.11 Å². The van der Waals surface area contributed by atoms with E-state index < -0.39 is 0 Å². The number of benzene rings is 1. The van der Waals surface area contributed by atoms with E-state index in [2.05, 4.69) is 23.1 Å². The molecule has 2 atom stereocenters. The second kappa shape index (κ2) is 6.70. The van der Waals surface area contributed by atoms with Crippen LogP contribution in [-0.2, 0) is 0 Å². The third-order valence-electron chi connectivity index (χ3n) is 4.17. The lowest BCUT2D eigenvalue weighted by molar-refractivity contribution is 0.0561. The maximum absolute atomic E-state index is 9.65. The molecule has 2 unspecified atom stereocenters. The van der Waals surface area contributed by atoms with Gasteiger partial charge in [-0.3, -0.25) is 4.90 Å². The normalized spacial score (nSPS) is 20.7. The van der Waals surface area contributed by atoms with Crippen molar-refractivity contribution in [2.45, 2.75) is 38.3 Å². The van der Waals surface area contributed by atoms with Crippen molar-refractivity contribution in [3.8, 4) is 6.07 Å². The lowest BCUT2D eigenvalue weighted by atomic mass is 9.90. The fourth-order valence-corrected chi connectivity index (χ4v) is 2.93. The van der Waals surface area contributed by atoms with Gasteiger partial charge in [-0.05, 0) is 44.3 Å². The Labute approximate surface area is 115 Å². The third-order valence-corrected chi connectivity index (χ3v) is 4.17. The topological polar surface area (TPSA) is 47.3 Å². The van der Waals surface area contributed by atoms with Gasteiger partial charge >= 0.3 is 0 Å². The molecule has 1 saturated heterocycles. The van der Waals surface area contributed by atoms with Crippen LogP contribution < -0.4 is 0 Å². The summed E-state index contributed by atoms with van der Waals surface area (Å²) in [4.78, 5) is 2.39. The van der Waals surface area contributed by atoms with Gasteiger partial charge in [-0.1, -0.05) is 30.3 Å². The molecule has 0 spiro atoms. The van der Waals surface area contributed by atoms with Gasteiger partial charge in [0, 0.05) is 6.04 Å². The molecular weight excluding hydrogens is 236 g/mol. The molecule has 1 aliphatic rings. The van der Waals surface area contributed by atoms with Crippen LogP contribution in [0.2, 0.25) is 0 Å². The summed E-state index contributed by atoms with van der Waals surface area (Å²) in [5.74, 6) is 0.412. The minimum Gasteiger partial charge on any atom is -0.393 e. The van der Waals surface area contributed by atoms with Crippen LogP contribution in [0.3, 0.4) is 0 Å². The molecule has 0 aliphatic carbocycles. The average molecular weight is 258 g/mol. The van der Waals surface area contributed by atoms with Crippen LogP contribution in [-0.4, -0.2) is 29.2 Å².